The van der Waals surface area contributed by atoms with E-state index < -0.39 is 78.0 Å². The number of rotatable bonds is 32. The number of β-amino-alcohol motifs (C(OH)–C–C–N with tert-alkyl or cyclic N) is 4. The number of hydrogen-bond acceptors (Lipinski definition) is 28. The second-order valence-corrected chi connectivity index (χ2v) is 42.0. The lowest BCUT2D eigenvalue weighted by atomic mass is 9.87. The second-order valence-electron chi connectivity index (χ2n) is 38.6. The van der Waals surface area contributed by atoms with Gasteiger partial charge in [-0.25, -0.2) is 19.9 Å². The zero-order chi connectivity index (χ0) is 100. The maximum absolute atomic E-state index is 14.0. The van der Waals surface area contributed by atoms with E-state index in [-0.39, 0.29) is 123 Å². The monoisotopic (exact) mass is 1980 g/mol. The SMILES string of the molecule is CC[C@@H](C(=O)N1C[C@H](O)C[C@H]1C(=O)CCc1ccc(-c2scnc2C)cc1)c1cc(C)no1.Cc1cc(C(C)(C)C(=O)N2C[C@H](O)C[C@H]2C(=O)CCc2ccc(-c3scnc3C)cc2)on1.Cc1cc([C@H](C(=O)N2C[C@H](O)C[C@H]2C(=O)CCc2ccc(-c3scnc3C)cc2)C(C)C)on1.Cc1ncsc1-c1ccc(CCC(=O)[C@@H]2C[C@@](O)(CO)CN2C(=O)[C@H](C(C)C)N2Cc3ccccc3C2=O)cc1. The number of amides is 5. The molecule has 0 unspecified atom stereocenters. The van der Waals surface area contributed by atoms with Crippen LogP contribution in [-0.4, -0.2) is 225 Å². The maximum Gasteiger partial charge on any atom is 0.255 e. The van der Waals surface area contributed by atoms with Crippen molar-refractivity contribution in [2.75, 3.05) is 32.8 Å². The van der Waals surface area contributed by atoms with Gasteiger partial charge in [0.05, 0.1) is 143 Å². The Hall–Kier alpha value is -11.9. The highest BCUT2D eigenvalue weighted by Crippen LogP contribution is 2.40. The lowest BCUT2D eigenvalue weighted by molar-refractivity contribution is -0.143. The number of nitrogens with zero attached hydrogens (tertiary/aromatic N) is 12. The number of aliphatic hydroxyl groups excluding tert-OH is 4. The molecule has 17 rings (SSSR count). The summed E-state index contributed by atoms with van der Waals surface area (Å²) in [5.74, 6) is -1.28. The van der Waals surface area contributed by atoms with Crippen LogP contribution in [0.5, 0.6) is 0 Å². The van der Waals surface area contributed by atoms with Gasteiger partial charge in [-0.1, -0.05) is 165 Å². The van der Waals surface area contributed by atoms with Crippen molar-refractivity contribution in [1.82, 2.24) is 59.9 Å². The number of likely N-dealkylation sites (tertiary alicyclic amines) is 4. The van der Waals surface area contributed by atoms with E-state index in [1.165, 1.54) is 14.7 Å². The molecule has 33 heteroatoms. The van der Waals surface area contributed by atoms with E-state index in [9.17, 15) is 68.7 Å². The Labute approximate surface area is 831 Å². The minimum atomic E-state index is -1.57. The van der Waals surface area contributed by atoms with E-state index in [0.29, 0.717) is 97.8 Å². The molecule has 0 saturated carbocycles. The molecule has 4 fully saturated rings. The fraction of sp³-hybridized carbons (Fsp3) is 0.439. The van der Waals surface area contributed by atoms with E-state index in [2.05, 4.69) is 71.8 Å². The average molecular weight is 1980 g/mol. The highest BCUT2D eigenvalue weighted by molar-refractivity contribution is 7.14. The predicted molar refractivity (Wildman–Crippen MR) is 535 cm³/mol. The Morgan fingerprint density at radius 2 is 0.836 bits per heavy atom. The molecule has 7 aromatic heterocycles. The number of Topliss-reactive ketones (excluding diaryl/α,β-unsaturated/α-hetero) is 4. The molecule has 12 heterocycles. The first kappa shape index (κ1) is 104. The van der Waals surface area contributed by atoms with Crippen LogP contribution in [0.2, 0.25) is 0 Å². The van der Waals surface area contributed by atoms with E-state index in [0.717, 1.165) is 92.4 Å². The van der Waals surface area contributed by atoms with Gasteiger partial charge in [-0.05, 0) is 162 Å². The van der Waals surface area contributed by atoms with Gasteiger partial charge in [0.15, 0.2) is 28.9 Å². The van der Waals surface area contributed by atoms with Gasteiger partial charge in [-0.2, -0.15) is 0 Å². The van der Waals surface area contributed by atoms with Crippen molar-refractivity contribution >= 4 is 98.0 Å². The van der Waals surface area contributed by atoms with Crippen molar-refractivity contribution < 1.29 is 82.3 Å². The first-order chi connectivity index (χ1) is 66.9. The summed E-state index contributed by atoms with van der Waals surface area (Å²) in [7, 11) is 0. The summed E-state index contributed by atoms with van der Waals surface area (Å²) in [6.07, 6.45) is 2.59. The van der Waals surface area contributed by atoms with Gasteiger partial charge in [0.1, 0.15) is 34.5 Å². The molecule has 5 aliphatic rings. The molecule has 4 saturated heterocycles. The molecule has 5 aliphatic heterocycles. The number of aryl methyl sites for hydroxylation is 11. The fourth-order valence-electron chi connectivity index (χ4n) is 19.3. The number of fused-ring (bicyclic) bond motifs is 1. The summed E-state index contributed by atoms with van der Waals surface area (Å²) in [6.45, 7) is 26.5. The zero-order valence-corrected chi connectivity index (χ0v) is 84.9. The number of carbonyl (C=O) groups is 9. The number of hydrogen-bond donors (Lipinski definition) is 5. The maximum atomic E-state index is 14.0. The highest BCUT2D eigenvalue weighted by atomic mass is 32.1. The van der Waals surface area contributed by atoms with Crippen LogP contribution in [0.15, 0.2) is 175 Å². The lowest BCUT2D eigenvalue weighted by Crippen LogP contribution is -2.54. The Bertz CT molecular complexity index is 6350. The largest absolute Gasteiger partial charge is 0.393 e. The first-order valence-corrected chi connectivity index (χ1v) is 51.3. The molecule has 738 valence electrons. The molecular formula is C107H124N12O17S4. The molecule has 140 heavy (non-hydrogen) atoms. The molecule has 0 radical (unpaired) electrons. The average Bonchev–Trinajstić information content (AvgIpc) is 1.61. The summed E-state index contributed by atoms with van der Waals surface area (Å²) in [6, 6.07) is 41.6. The summed E-state index contributed by atoms with van der Waals surface area (Å²) in [5, 5.41) is 63.4. The predicted octanol–water partition coefficient (Wildman–Crippen LogP) is 15.9. The smallest absolute Gasteiger partial charge is 0.255 e. The van der Waals surface area contributed by atoms with Crippen molar-refractivity contribution in [1.29, 1.82) is 0 Å². The van der Waals surface area contributed by atoms with Gasteiger partial charge in [0.25, 0.3) is 5.91 Å². The number of aromatic nitrogens is 7. The quantitative estimate of drug-likeness (QED) is 0.0261. The molecule has 5 N–H and O–H groups in total. The third kappa shape index (κ3) is 24.3. The molecule has 12 aromatic rings. The van der Waals surface area contributed by atoms with Crippen molar-refractivity contribution in [2.45, 2.75) is 258 Å². The van der Waals surface area contributed by atoms with Crippen LogP contribution in [0.3, 0.4) is 0 Å². The van der Waals surface area contributed by atoms with Gasteiger partial charge in [-0.3, -0.25) is 43.2 Å². The van der Waals surface area contributed by atoms with Crippen LogP contribution in [0, 0.1) is 60.3 Å². The van der Waals surface area contributed by atoms with E-state index >= 15 is 0 Å². The summed E-state index contributed by atoms with van der Waals surface area (Å²) in [4.78, 5) is 150. The number of thiazole rings is 4. The van der Waals surface area contributed by atoms with Gasteiger partial charge in [0.2, 0.25) is 23.6 Å². The third-order valence-electron chi connectivity index (χ3n) is 27.1. The summed E-state index contributed by atoms with van der Waals surface area (Å²) >= 11 is 6.43. The van der Waals surface area contributed by atoms with E-state index in [1.807, 2.05) is 164 Å². The lowest BCUT2D eigenvalue weighted by Gasteiger charge is -2.35. The third-order valence-corrected chi connectivity index (χ3v) is 31.0. The molecular weight excluding hydrogens is 1850 g/mol. The Kier molecular flexibility index (Phi) is 34.0. The van der Waals surface area contributed by atoms with Gasteiger partial charge in [-0.15, -0.1) is 45.3 Å². The fourth-order valence-corrected chi connectivity index (χ4v) is 22.5. The van der Waals surface area contributed by atoms with Gasteiger partial charge >= 0.3 is 0 Å². The number of aliphatic hydroxyl groups is 5. The first-order valence-electron chi connectivity index (χ1n) is 47.8. The Morgan fingerprint density at radius 1 is 0.464 bits per heavy atom. The van der Waals surface area contributed by atoms with Gasteiger partial charge in [0, 0.05) is 101 Å². The van der Waals surface area contributed by atoms with Crippen molar-refractivity contribution in [2.24, 2.45) is 11.8 Å². The zero-order valence-electron chi connectivity index (χ0n) is 81.6. The van der Waals surface area contributed by atoms with E-state index in [1.54, 1.807) is 113 Å². The van der Waals surface area contributed by atoms with Gasteiger partial charge < -0.3 is 63.6 Å². The van der Waals surface area contributed by atoms with Crippen molar-refractivity contribution in [3.05, 3.63) is 252 Å². The van der Waals surface area contributed by atoms with Crippen LogP contribution in [-0.2, 0) is 76.0 Å². The molecule has 5 amide bonds. The Morgan fingerprint density at radius 3 is 1.19 bits per heavy atom. The topological polar surface area (TPSA) is 401 Å². The Balaban J connectivity index is 0.000000149. The normalized spacial score (nSPS) is 19.6. The standard InChI is InChI=1S/C31H35N3O5S.C26H31N3O4S.2C25H29N3O4S/c1-19(2)27(33-15-23-6-4-5-7-24(23)29(33)37)30(38)34-16-31(39,17-35)14-25(34)26(36)13-10-21-8-11-22(12-9-21)28-20(3)32-18-40-28;1-15(2)24(23-11-16(3)28-33-23)26(32)29-13-20(30)12-21(29)22(31)10-7-18-5-8-19(9-6-18)25-17(4)27-14-34-25;1-15-11-22(32-27-15)25(3,4)24(31)28-13-19(29)12-20(28)21(30)10-7-17-5-8-18(9-6-17)23-16(2)26-14-33-23;1-4-20(23-11-15(2)27-32-23)25(31)28-13-19(29)12-21(28)22(30)10-7-17-5-8-18(9-6-17)24-16(3)26-14-33-24/h4-9,11-12,18-19,25,27,35,39H,10,13-17H2,1-3H3;5-6,8-9,11,14-15,20-21,24,30H,7,10,12-13H2,1-4H3;5-6,8-9,11,14,19-20,29H,7,10,12-13H2,1-4H3;5-6,8-9,11,14,19-21,29H,4,7,10,12-13H2,1-3H3/t25-,27-,31-;20-,21+,24-;19-,20+;19-,20-,21+/m0111/s1. The van der Waals surface area contributed by atoms with Crippen LogP contribution < -0.4 is 0 Å². The minimum absolute atomic E-state index is 0.0223. The van der Waals surface area contributed by atoms with Crippen LogP contribution in [0.4, 0.5) is 0 Å². The number of benzene rings is 5. The molecule has 11 atom stereocenters. The molecule has 0 spiro atoms. The van der Waals surface area contributed by atoms with Crippen LogP contribution in [0.25, 0.3) is 41.8 Å². The highest BCUT2D eigenvalue weighted by Gasteiger charge is 2.52. The minimum Gasteiger partial charge on any atom is -0.393 e. The molecule has 5 aromatic carbocycles. The summed E-state index contributed by atoms with van der Waals surface area (Å²) in [5.41, 5.74) is 21.0. The molecule has 0 bridgehead atoms. The summed E-state index contributed by atoms with van der Waals surface area (Å²) < 4.78 is 16.0. The van der Waals surface area contributed by atoms with Crippen LogP contribution >= 0.6 is 45.3 Å². The van der Waals surface area contributed by atoms with Crippen LogP contribution in [0.1, 0.15) is 213 Å². The molecule has 0 aliphatic carbocycles. The molecule has 29 nitrogen and oxygen atoms in total. The second kappa shape index (κ2) is 45.8. The van der Waals surface area contributed by atoms with Crippen molar-refractivity contribution in [3.63, 3.8) is 0 Å². The number of ketones is 4. The van der Waals surface area contributed by atoms with Crippen molar-refractivity contribution in [3.8, 4) is 41.8 Å². The van der Waals surface area contributed by atoms with E-state index in [4.69, 9.17) is 13.6 Å². The number of carbonyl (C=O) groups excluding carboxylic acids is 9.